The van der Waals surface area contributed by atoms with Crippen molar-refractivity contribution in [3.05, 3.63) is 0 Å². The van der Waals surface area contributed by atoms with Gasteiger partial charge in [0.1, 0.15) is 0 Å². The number of nitrogens with one attached hydrogen (secondary N) is 1. The summed E-state index contributed by atoms with van der Waals surface area (Å²) in [6, 6.07) is 0. The molecule has 0 radical (unpaired) electrons. The molecule has 0 saturated heterocycles. The first-order valence-corrected chi connectivity index (χ1v) is 3.12. The number of hydrogen-bond donors (Lipinski definition) is 3. The zero-order chi connectivity index (χ0) is 9.56. The van der Waals surface area contributed by atoms with Crippen molar-refractivity contribution in [1.29, 1.82) is 0 Å². The molecule has 0 atom stereocenters. The first kappa shape index (κ1) is 15.1. The van der Waals surface area contributed by atoms with E-state index in [1.165, 1.54) is 0 Å². The molecular weight excluding hydrogens is 191 g/mol. The van der Waals surface area contributed by atoms with Gasteiger partial charge in [-0.05, 0) is 0 Å². The SMILES string of the molecule is O=C([O-])CN(NCCO)C(=O)O.[Na+]. The van der Waals surface area contributed by atoms with Crippen LogP contribution in [0.4, 0.5) is 4.79 Å². The largest absolute Gasteiger partial charge is 1.00 e. The normalized spacial score (nSPS) is 8.69. The van der Waals surface area contributed by atoms with Gasteiger partial charge in [0.25, 0.3) is 0 Å². The predicted octanol–water partition coefficient (Wildman–Crippen LogP) is -5.78. The van der Waals surface area contributed by atoms with Crippen LogP contribution in [0, 0.1) is 0 Å². The topological polar surface area (TPSA) is 113 Å². The average molecular weight is 200 g/mol. The molecule has 0 unspecified atom stereocenters. The third kappa shape index (κ3) is 8.00. The van der Waals surface area contributed by atoms with Gasteiger partial charge in [-0.1, -0.05) is 0 Å². The Balaban J connectivity index is 0. The van der Waals surface area contributed by atoms with Crippen LogP contribution in [0.25, 0.3) is 0 Å². The number of hydrogen-bond acceptors (Lipinski definition) is 5. The number of carboxylic acids is 1. The molecule has 0 aliphatic rings. The Morgan fingerprint density at radius 3 is 2.31 bits per heavy atom. The summed E-state index contributed by atoms with van der Waals surface area (Å²) in [7, 11) is 0. The van der Waals surface area contributed by atoms with Gasteiger partial charge in [0.05, 0.1) is 19.1 Å². The number of aliphatic hydroxyl groups excluding tert-OH is 1. The van der Waals surface area contributed by atoms with E-state index in [2.05, 4.69) is 5.43 Å². The minimum absolute atomic E-state index is 0. The van der Waals surface area contributed by atoms with E-state index in [0.29, 0.717) is 5.01 Å². The maximum Gasteiger partial charge on any atom is 1.00 e. The second-order valence-electron chi connectivity index (χ2n) is 1.87. The van der Waals surface area contributed by atoms with Crippen LogP contribution in [0.15, 0.2) is 0 Å². The van der Waals surface area contributed by atoms with Crippen LogP contribution in [-0.2, 0) is 4.79 Å². The minimum atomic E-state index is -1.51. The number of rotatable bonds is 5. The van der Waals surface area contributed by atoms with Crippen molar-refractivity contribution < 1.29 is 54.5 Å². The quantitative estimate of drug-likeness (QED) is 0.301. The van der Waals surface area contributed by atoms with E-state index >= 15 is 0 Å². The zero-order valence-electron chi connectivity index (χ0n) is 7.19. The van der Waals surface area contributed by atoms with Crippen molar-refractivity contribution in [3.63, 3.8) is 0 Å². The second kappa shape index (κ2) is 8.27. The summed E-state index contributed by atoms with van der Waals surface area (Å²) < 4.78 is 0. The van der Waals surface area contributed by atoms with E-state index in [0.717, 1.165) is 0 Å². The standard InChI is InChI=1S/C5H10N2O5.Na/c8-2-1-6-7(5(11)12)3-4(9)10;/h6,8H,1-3H2,(H,9,10)(H,11,12);/q;+1/p-1. The molecule has 1 amide bonds. The van der Waals surface area contributed by atoms with Gasteiger partial charge in [-0.2, -0.15) is 0 Å². The van der Waals surface area contributed by atoms with Crippen molar-refractivity contribution in [2.45, 2.75) is 0 Å². The molecule has 7 nitrogen and oxygen atoms in total. The first-order chi connectivity index (χ1) is 5.57. The Bertz CT molecular complexity index is 176. The molecule has 0 saturated carbocycles. The van der Waals surface area contributed by atoms with Crippen molar-refractivity contribution >= 4 is 12.1 Å². The summed E-state index contributed by atoms with van der Waals surface area (Å²) >= 11 is 0. The minimum Gasteiger partial charge on any atom is -0.548 e. The van der Waals surface area contributed by atoms with Crippen molar-refractivity contribution in [2.75, 3.05) is 19.7 Å². The van der Waals surface area contributed by atoms with Gasteiger partial charge in [0, 0.05) is 6.54 Å². The van der Waals surface area contributed by atoms with E-state index in [-0.39, 0.29) is 42.7 Å². The van der Waals surface area contributed by atoms with Crippen LogP contribution in [0.1, 0.15) is 0 Å². The first-order valence-electron chi connectivity index (χ1n) is 3.12. The summed E-state index contributed by atoms with van der Waals surface area (Å²) in [5, 5.41) is 27.0. The average Bonchev–Trinajstić information content (AvgIpc) is 1.96. The molecule has 70 valence electrons. The number of aliphatic hydroxyl groups is 1. The monoisotopic (exact) mass is 200 g/mol. The van der Waals surface area contributed by atoms with Crippen LogP contribution in [-0.4, -0.2) is 47.0 Å². The zero-order valence-corrected chi connectivity index (χ0v) is 9.19. The van der Waals surface area contributed by atoms with Crippen LogP contribution >= 0.6 is 0 Å². The van der Waals surface area contributed by atoms with E-state index < -0.39 is 18.6 Å². The van der Waals surface area contributed by atoms with Crippen LogP contribution < -0.4 is 40.1 Å². The molecule has 0 rings (SSSR count). The summed E-state index contributed by atoms with van der Waals surface area (Å²) in [5.74, 6) is -1.51. The van der Waals surface area contributed by atoms with Gasteiger partial charge in [-0.3, -0.25) is 0 Å². The fourth-order valence-corrected chi connectivity index (χ4v) is 0.505. The molecule has 0 fully saturated rings. The number of carbonyl (C=O) groups is 2. The molecule has 0 aromatic heterocycles. The maximum atomic E-state index is 10.2. The van der Waals surface area contributed by atoms with Gasteiger partial charge in [-0.25, -0.2) is 15.2 Å². The maximum absolute atomic E-state index is 10.2. The Morgan fingerprint density at radius 1 is 1.46 bits per heavy atom. The fourth-order valence-electron chi connectivity index (χ4n) is 0.505. The summed E-state index contributed by atoms with van der Waals surface area (Å²) in [6.07, 6.45) is -1.44. The van der Waals surface area contributed by atoms with Crippen LogP contribution in [0.2, 0.25) is 0 Å². The Kier molecular flexibility index (Phi) is 9.63. The molecule has 0 aromatic rings. The number of amides is 1. The van der Waals surface area contributed by atoms with E-state index in [1.807, 2.05) is 0 Å². The molecular formula is C5H9N2NaO5. The summed E-state index contributed by atoms with van der Waals surface area (Å²) in [5.41, 5.74) is 2.16. The van der Waals surface area contributed by atoms with E-state index in [9.17, 15) is 14.7 Å². The second-order valence-corrected chi connectivity index (χ2v) is 1.87. The summed E-state index contributed by atoms with van der Waals surface area (Å²) in [6.45, 7) is -1.08. The molecule has 0 aliphatic carbocycles. The van der Waals surface area contributed by atoms with Gasteiger partial charge in [-0.15, -0.1) is 0 Å². The third-order valence-corrected chi connectivity index (χ3v) is 0.933. The third-order valence-electron chi connectivity index (χ3n) is 0.933. The van der Waals surface area contributed by atoms with Crippen molar-refractivity contribution in [1.82, 2.24) is 10.4 Å². The predicted molar refractivity (Wildman–Crippen MR) is 34.8 cm³/mol. The van der Waals surface area contributed by atoms with Gasteiger partial charge < -0.3 is 20.1 Å². The van der Waals surface area contributed by atoms with Crippen LogP contribution in [0.3, 0.4) is 0 Å². The van der Waals surface area contributed by atoms with E-state index in [1.54, 1.807) is 0 Å². The Hall–Kier alpha value is -0.340. The fraction of sp³-hybridized carbons (Fsp3) is 0.600. The molecule has 0 aliphatic heterocycles. The van der Waals surface area contributed by atoms with Crippen molar-refractivity contribution in [2.24, 2.45) is 0 Å². The molecule has 0 spiro atoms. The summed E-state index contributed by atoms with van der Waals surface area (Å²) in [4.78, 5) is 20.2. The number of hydrazine groups is 1. The molecule has 8 heteroatoms. The molecule has 3 N–H and O–H groups in total. The Morgan fingerprint density at radius 2 is 2.00 bits per heavy atom. The molecule has 0 aromatic carbocycles. The van der Waals surface area contributed by atoms with E-state index in [4.69, 9.17) is 10.2 Å². The van der Waals surface area contributed by atoms with Gasteiger partial charge in [0.15, 0.2) is 0 Å². The van der Waals surface area contributed by atoms with Gasteiger partial charge >= 0.3 is 35.7 Å². The number of aliphatic carboxylic acids is 1. The van der Waals surface area contributed by atoms with Crippen LogP contribution in [0.5, 0.6) is 0 Å². The molecule has 13 heavy (non-hydrogen) atoms. The number of carboxylic acid groups (broad SMARTS) is 2. The Labute approximate surface area is 96.6 Å². The van der Waals surface area contributed by atoms with Gasteiger partial charge in [0.2, 0.25) is 0 Å². The molecule has 0 heterocycles. The number of carbonyl (C=O) groups excluding carboxylic acids is 1. The smallest absolute Gasteiger partial charge is 0.548 e. The molecule has 0 bridgehead atoms. The number of nitrogens with zero attached hydrogens (tertiary/aromatic N) is 1. The van der Waals surface area contributed by atoms with Crippen molar-refractivity contribution in [3.8, 4) is 0 Å².